The van der Waals surface area contributed by atoms with E-state index in [0.29, 0.717) is 26.1 Å². The maximum absolute atomic E-state index is 12.3. The number of carbonyl (C=O) groups is 3. The van der Waals surface area contributed by atoms with E-state index in [0.717, 1.165) is 31.5 Å². The predicted molar refractivity (Wildman–Crippen MR) is 95.8 cm³/mol. The number of piperidine rings is 2. The van der Waals surface area contributed by atoms with Crippen LogP contribution in [0.4, 0.5) is 0 Å². The van der Waals surface area contributed by atoms with E-state index in [1.165, 1.54) is 6.92 Å². The van der Waals surface area contributed by atoms with E-state index >= 15 is 0 Å². The van der Waals surface area contributed by atoms with Gasteiger partial charge in [0.25, 0.3) is 0 Å². The molecule has 0 unspecified atom stereocenters. The number of aromatic nitrogens is 1. The van der Waals surface area contributed by atoms with Crippen molar-refractivity contribution in [2.45, 2.75) is 39.2 Å². The highest BCUT2D eigenvalue weighted by atomic mass is 16.2. The molecule has 0 saturated carbocycles. The number of hydrogen-bond acceptors (Lipinski definition) is 4. The molecule has 1 aromatic heterocycles. The lowest BCUT2D eigenvalue weighted by Gasteiger charge is -2.47. The number of nitrogens with zero attached hydrogens (tertiary/aromatic N) is 3. The molecule has 1 N–H and O–H groups in total. The van der Waals surface area contributed by atoms with E-state index in [2.05, 4.69) is 10.3 Å². The number of likely N-dealkylation sites (tertiary alicyclic amines) is 2. The van der Waals surface area contributed by atoms with Crippen LogP contribution in [0.3, 0.4) is 0 Å². The summed E-state index contributed by atoms with van der Waals surface area (Å²) in [6.45, 7) is 4.12. The Morgan fingerprint density at radius 1 is 1.23 bits per heavy atom. The first-order valence-electron chi connectivity index (χ1n) is 9.17. The molecule has 26 heavy (non-hydrogen) atoms. The smallest absolute Gasteiger partial charge is 0.241 e. The average Bonchev–Trinajstić information content (AvgIpc) is 2.64. The minimum absolute atomic E-state index is 0.0349. The molecule has 0 aliphatic carbocycles. The average molecular weight is 358 g/mol. The molecule has 3 rings (SSSR count). The van der Waals surface area contributed by atoms with Gasteiger partial charge in [-0.15, -0.1) is 0 Å². The minimum atomic E-state index is -0.192. The molecule has 3 amide bonds. The summed E-state index contributed by atoms with van der Waals surface area (Å²) in [6, 6.07) is 5.75. The van der Waals surface area contributed by atoms with E-state index in [9.17, 15) is 14.4 Å². The molecule has 7 heteroatoms. The molecule has 2 saturated heterocycles. The summed E-state index contributed by atoms with van der Waals surface area (Å²) >= 11 is 0. The lowest BCUT2D eigenvalue weighted by atomic mass is 9.72. The Morgan fingerprint density at radius 3 is 2.65 bits per heavy atom. The lowest BCUT2D eigenvalue weighted by Crippen LogP contribution is -2.53. The van der Waals surface area contributed by atoms with Crippen molar-refractivity contribution in [1.29, 1.82) is 0 Å². The summed E-state index contributed by atoms with van der Waals surface area (Å²) < 4.78 is 0. The van der Waals surface area contributed by atoms with Crippen LogP contribution in [0.5, 0.6) is 0 Å². The summed E-state index contributed by atoms with van der Waals surface area (Å²) in [5, 5.41) is 2.56. The van der Waals surface area contributed by atoms with E-state index in [1.807, 2.05) is 28.0 Å². The van der Waals surface area contributed by atoms with Crippen molar-refractivity contribution in [3.05, 3.63) is 30.1 Å². The fourth-order valence-electron chi connectivity index (χ4n) is 3.88. The molecule has 0 bridgehead atoms. The van der Waals surface area contributed by atoms with Gasteiger partial charge in [0, 0.05) is 39.2 Å². The minimum Gasteiger partial charge on any atom is -0.347 e. The first-order valence-corrected chi connectivity index (χ1v) is 9.17. The summed E-state index contributed by atoms with van der Waals surface area (Å²) in [5.74, 6) is -0.0412. The van der Waals surface area contributed by atoms with Gasteiger partial charge in [-0.1, -0.05) is 6.07 Å². The van der Waals surface area contributed by atoms with Gasteiger partial charge in [0.1, 0.15) is 0 Å². The second kappa shape index (κ2) is 7.85. The first kappa shape index (κ1) is 18.4. The second-order valence-electron chi connectivity index (χ2n) is 7.36. The van der Waals surface area contributed by atoms with Crippen LogP contribution < -0.4 is 5.32 Å². The van der Waals surface area contributed by atoms with Gasteiger partial charge in [0.15, 0.2) is 0 Å². The van der Waals surface area contributed by atoms with Crippen molar-refractivity contribution in [2.24, 2.45) is 5.41 Å². The Morgan fingerprint density at radius 2 is 2.00 bits per heavy atom. The van der Waals surface area contributed by atoms with E-state index in [-0.39, 0.29) is 29.7 Å². The predicted octanol–water partition coefficient (Wildman–Crippen LogP) is 0.949. The molecule has 0 radical (unpaired) electrons. The molecule has 2 fully saturated rings. The fraction of sp³-hybridized carbons (Fsp3) is 0.579. The van der Waals surface area contributed by atoms with Crippen LogP contribution in [0, 0.1) is 5.41 Å². The fourth-order valence-corrected chi connectivity index (χ4v) is 3.88. The van der Waals surface area contributed by atoms with Crippen LogP contribution in [-0.4, -0.2) is 58.7 Å². The standard InChI is InChI=1S/C19H26N4O3/c1-15(24)21-12-18(26)22-10-7-19(8-11-22)6-5-17(25)23(14-19)13-16-4-2-3-9-20-16/h2-4,9H,5-8,10-14H2,1H3,(H,21,24). The molecule has 2 aliphatic heterocycles. The van der Waals surface area contributed by atoms with Gasteiger partial charge in [0.05, 0.1) is 18.8 Å². The van der Waals surface area contributed by atoms with Crippen molar-refractivity contribution in [2.75, 3.05) is 26.2 Å². The van der Waals surface area contributed by atoms with Gasteiger partial charge >= 0.3 is 0 Å². The molecule has 3 heterocycles. The van der Waals surface area contributed by atoms with Crippen molar-refractivity contribution in [3.63, 3.8) is 0 Å². The summed E-state index contributed by atoms with van der Waals surface area (Å²) in [6.07, 6.45) is 4.99. The molecule has 7 nitrogen and oxygen atoms in total. The first-order chi connectivity index (χ1) is 12.5. The topological polar surface area (TPSA) is 82.6 Å². The third-order valence-corrected chi connectivity index (χ3v) is 5.49. The van der Waals surface area contributed by atoms with Gasteiger partial charge in [-0.3, -0.25) is 19.4 Å². The third-order valence-electron chi connectivity index (χ3n) is 5.49. The number of pyridine rings is 1. The van der Waals surface area contributed by atoms with Gasteiger partial charge < -0.3 is 15.1 Å². The van der Waals surface area contributed by atoms with E-state index in [4.69, 9.17) is 0 Å². The van der Waals surface area contributed by atoms with Crippen LogP contribution >= 0.6 is 0 Å². The monoisotopic (exact) mass is 358 g/mol. The molecule has 1 aromatic rings. The Balaban J connectivity index is 1.57. The molecule has 0 atom stereocenters. The molecule has 2 aliphatic rings. The van der Waals surface area contributed by atoms with Crippen LogP contribution in [-0.2, 0) is 20.9 Å². The summed E-state index contributed by atoms with van der Waals surface area (Å²) in [5.41, 5.74) is 0.994. The highest BCUT2D eigenvalue weighted by molar-refractivity contribution is 5.83. The Bertz CT molecular complexity index is 669. The van der Waals surface area contributed by atoms with E-state index in [1.54, 1.807) is 6.20 Å². The molecule has 1 spiro atoms. The van der Waals surface area contributed by atoms with Gasteiger partial charge in [-0.25, -0.2) is 0 Å². The number of carbonyl (C=O) groups excluding carboxylic acids is 3. The summed E-state index contributed by atoms with van der Waals surface area (Å²) in [7, 11) is 0. The van der Waals surface area contributed by atoms with Crippen molar-refractivity contribution < 1.29 is 14.4 Å². The zero-order chi connectivity index (χ0) is 18.6. The van der Waals surface area contributed by atoms with Crippen molar-refractivity contribution in [1.82, 2.24) is 20.1 Å². The Hall–Kier alpha value is -2.44. The van der Waals surface area contributed by atoms with E-state index < -0.39 is 0 Å². The highest BCUT2D eigenvalue weighted by Crippen LogP contribution is 2.40. The zero-order valence-corrected chi connectivity index (χ0v) is 15.2. The Labute approximate surface area is 153 Å². The number of hydrogen-bond donors (Lipinski definition) is 1. The molecular weight excluding hydrogens is 332 g/mol. The second-order valence-corrected chi connectivity index (χ2v) is 7.36. The van der Waals surface area contributed by atoms with Crippen LogP contribution in [0.2, 0.25) is 0 Å². The van der Waals surface area contributed by atoms with Crippen LogP contribution in [0.25, 0.3) is 0 Å². The van der Waals surface area contributed by atoms with Crippen LogP contribution in [0.1, 0.15) is 38.3 Å². The normalized spacial score (nSPS) is 19.5. The third kappa shape index (κ3) is 4.39. The largest absolute Gasteiger partial charge is 0.347 e. The van der Waals surface area contributed by atoms with Crippen LogP contribution in [0.15, 0.2) is 24.4 Å². The maximum Gasteiger partial charge on any atom is 0.241 e. The number of amides is 3. The maximum atomic E-state index is 12.3. The quantitative estimate of drug-likeness (QED) is 0.869. The highest BCUT2D eigenvalue weighted by Gasteiger charge is 2.41. The van der Waals surface area contributed by atoms with Crippen molar-refractivity contribution >= 4 is 17.7 Å². The number of nitrogens with one attached hydrogen (secondary N) is 1. The van der Waals surface area contributed by atoms with Gasteiger partial charge in [-0.2, -0.15) is 0 Å². The zero-order valence-electron chi connectivity index (χ0n) is 15.2. The van der Waals surface area contributed by atoms with Gasteiger partial charge in [-0.05, 0) is 36.8 Å². The Kier molecular flexibility index (Phi) is 5.54. The lowest BCUT2D eigenvalue weighted by molar-refractivity contribution is -0.143. The summed E-state index contributed by atoms with van der Waals surface area (Å²) in [4.78, 5) is 43.5. The molecule has 0 aromatic carbocycles. The molecular formula is C19H26N4O3. The SMILES string of the molecule is CC(=O)NCC(=O)N1CCC2(CCC(=O)N(Cc3ccccn3)C2)CC1. The molecule has 140 valence electrons. The van der Waals surface area contributed by atoms with Crippen molar-refractivity contribution in [3.8, 4) is 0 Å². The number of rotatable bonds is 4. The van der Waals surface area contributed by atoms with Gasteiger partial charge in [0.2, 0.25) is 17.7 Å².